The van der Waals surface area contributed by atoms with Crippen LogP contribution in [0.1, 0.15) is 70.6 Å². The third kappa shape index (κ3) is 4.25. The molecule has 13 unspecified atom stereocenters. The van der Waals surface area contributed by atoms with Crippen LogP contribution >= 0.6 is 0 Å². The number of hydrogen-bond acceptors (Lipinski definition) is 10. The van der Waals surface area contributed by atoms with E-state index in [9.17, 15) is 14.7 Å². The van der Waals surface area contributed by atoms with Crippen molar-refractivity contribution >= 4 is 18.2 Å². The Morgan fingerprint density at radius 2 is 1.67 bits per heavy atom. The van der Waals surface area contributed by atoms with Crippen molar-refractivity contribution in [1.29, 1.82) is 0 Å². The second-order valence-electron chi connectivity index (χ2n) is 16.4. The molecule has 13 atom stereocenters. The van der Waals surface area contributed by atoms with Gasteiger partial charge < -0.3 is 33.6 Å². The summed E-state index contributed by atoms with van der Waals surface area (Å²) < 4.78 is 37.3. The van der Waals surface area contributed by atoms with Crippen LogP contribution in [0, 0.1) is 45.8 Å². The average molecular weight is 699 g/mol. The van der Waals surface area contributed by atoms with Gasteiger partial charge in [0, 0.05) is 12.3 Å². The van der Waals surface area contributed by atoms with Crippen molar-refractivity contribution in [2.24, 2.45) is 45.8 Å². The number of esters is 2. The molecule has 0 spiro atoms. The number of fused-ring (bicyclic) bond motifs is 2. The maximum absolute atomic E-state index is 15.8. The van der Waals surface area contributed by atoms with Gasteiger partial charge in [0.1, 0.15) is 17.8 Å². The number of benzene rings is 2. The Labute approximate surface area is 297 Å². The van der Waals surface area contributed by atoms with Gasteiger partial charge in [-0.25, -0.2) is 0 Å². The predicted molar refractivity (Wildman–Crippen MR) is 180 cm³/mol. The molecule has 4 heterocycles. The number of carbonyl (C=O) groups is 3. The summed E-state index contributed by atoms with van der Waals surface area (Å²) in [6.45, 7) is 7.70. The van der Waals surface area contributed by atoms with Crippen LogP contribution in [-0.4, -0.2) is 66.6 Å². The zero-order valence-corrected chi connectivity index (χ0v) is 29.4. The van der Waals surface area contributed by atoms with E-state index in [1.807, 2.05) is 60.7 Å². The second kappa shape index (κ2) is 11.5. The Morgan fingerprint density at radius 1 is 0.980 bits per heavy atom. The first kappa shape index (κ1) is 33.4. The molecule has 4 saturated heterocycles. The fraction of sp³-hybridized carbons (Fsp3) is 0.585. The first-order valence-corrected chi connectivity index (χ1v) is 18.5. The van der Waals surface area contributed by atoms with E-state index in [1.165, 1.54) is 6.92 Å². The van der Waals surface area contributed by atoms with E-state index >= 15 is 4.79 Å². The zero-order valence-electron chi connectivity index (χ0n) is 29.4. The van der Waals surface area contributed by atoms with Crippen LogP contribution in [0.3, 0.4) is 0 Å². The van der Waals surface area contributed by atoms with E-state index in [4.69, 9.17) is 28.4 Å². The summed E-state index contributed by atoms with van der Waals surface area (Å²) in [5.74, 6) is -2.47. The third-order valence-electron chi connectivity index (χ3n) is 13.8. The summed E-state index contributed by atoms with van der Waals surface area (Å²) in [4.78, 5) is 41.7. The molecule has 51 heavy (non-hydrogen) atoms. The number of aldehydes is 1. The van der Waals surface area contributed by atoms with Crippen LogP contribution in [-0.2, 0) is 42.8 Å². The lowest BCUT2D eigenvalue weighted by atomic mass is 9.43. The molecule has 10 nitrogen and oxygen atoms in total. The molecule has 0 aromatic heterocycles. The summed E-state index contributed by atoms with van der Waals surface area (Å²) in [5.41, 5.74) is -0.633. The van der Waals surface area contributed by atoms with Crippen molar-refractivity contribution in [3.8, 4) is 0 Å². The second-order valence-corrected chi connectivity index (χ2v) is 16.4. The van der Waals surface area contributed by atoms with Crippen LogP contribution < -0.4 is 0 Å². The number of carbonyl (C=O) groups excluding carboxylic acids is 3. The van der Waals surface area contributed by atoms with Gasteiger partial charge >= 0.3 is 17.9 Å². The lowest BCUT2D eigenvalue weighted by Gasteiger charge is -2.59. The summed E-state index contributed by atoms with van der Waals surface area (Å²) in [6, 6.07) is 19.5. The predicted octanol–water partition coefficient (Wildman–Crippen LogP) is 5.28. The molecule has 2 aromatic carbocycles. The number of rotatable bonds is 10. The highest BCUT2D eigenvalue weighted by molar-refractivity contribution is 5.92. The molecule has 8 aliphatic rings. The normalized spacial score (nSPS) is 43.8. The Hall–Kier alpha value is -3.41. The summed E-state index contributed by atoms with van der Waals surface area (Å²) in [7, 11) is 0. The van der Waals surface area contributed by atoms with E-state index in [0.717, 1.165) is 35.8 Å². The highest BCUT2D eigenvalue weighted by atomic mass is 17.0. The van der Waals surface area contributed by atoms with E-state index in [1.54, 1.807) is 0 Å². The molecule has 3 saturated carbocycles. The van der Waals surface area contributed by atoms with Gasteiger partial charge in [0.05, 0.1) is 12.0 Å². The first-order valence-electron chi connectivity index (χ1n) is 18.5. The van der Waals surface area contributed by atoms with Crippen LogP contribution in [0.25, 0.3) is 0 Å². The summed E-state index contributed by atoms with van der Waals surface area (Å²) >= 11 is 0. The third-order valence-corrected chi connectivity index (χ3v) is 13.8. The van der Waals surface area contributed by atoms with Crippen LogP contribution in [0.5, 0.6) is 0 Å². The number of aliphatic hydroxyl groups excluding tert-OH is 1. The molecular weight excluding hydrogens is 652 g/mol. The van der Waals surface area contributed by atoms with E-state index < -0.39 is 71.0 Å². The fourth-order valence-electron chi connectivity index (χ4n) is 11.9. The van der Waals surface area contributed by atoms with E-state index in [2.05, 4.69) is 26.8 Å². The summed E-state index contributed by atoms with van der Waals surface area (Å²) in [5, 5.41) is 11.6. The van der Waals surface area contributed by atoms with Gasteiger partial charge in [0.25, 0.3) is 0 Å². The molecule has 8 bridgehead atoms. The molecule has 10 rings (SSSR count). The van der Waals surface area contributed by atoms with Crippen molar-refractivity contribution in [1.82, 2.24) is 0 Å². The van der Waals surface area contributed by atoms with Crippen molar-refractivity contribution in [3.63, 3.8) is 0 Å². The Kier molecular flexibility index (Phi) is 7.57. The van der Waals surface area contributed by atoms with Gasteiger partial charge in [-0.05, 0) is 60.0 Å². The molecule has 4 aliphatic heterocycles. The topological polar surface area (TPSA) is 127 Å². The first-order chi connectivity index (χ1) is 24.5. The van der Waals surface area contributed by atoms with Gasteiger partial charge in [-0.3, -0.25) is 14.3 Å². The van der Waals surface area contributed by atoms with Gasteiger partial charge in [-0.15, -0.1) is 0 Å². The van der Waals surface area contributed by atoms with Crippen LogP contribution in [0.15, 0.2) is 72.3 Å². The highest BCUT2D eigenvalue weighted by Crippen LogP contribution is 2.83. The molecular formula is C41H46O10. The maximum Gasteiger partial charge on any atom is 0.318 e. The highest BCUT2D eigenvalue weighted by Gasteiger charge is 2.85. The van der Waals surface area contributed by atoms with Crippen molar-refractivity contribution in [2.75, 3.05) is 6.61 Å². The Balaban J connectivity index is 1.16. The minimum absolute atomic E-state index is 0.0114. The van der Waals surface area contributed by atoms with Crippen LogP contribution in [0.4, 0.5) is 0 Å². The average Bonchev–Trinajstić information content (AvgIpc) is 3.86. The largest absolute Gasteiger partial charge is 0.457 e. The van der Waals surface area contributed by atoms with Gasteiger partial charge in [0.2, 0.25) is 0 Å². The minimum atomic E-state index is -1.88. The standard InChI is InChI=1S/C41H46O10/c1-22(2)30-17-27-18-38(20-42)29-16-15-23(3)28(29)19-39(27,21-46-41-35(44)33-32(47-24(4)43)34(50-41)36(48-33)51-41)40(30,38)37(45)49-31(25-11-7-5-8-12-25)26-13-9-6-10-14-26/h5-14,17,20,22-23,27-29,31-36,44H,15-16,18-19,21H2,1-4H3. The lowest BCUT2D eigenvalue weighted by molar-refractivity contribution is -0.447. The summed E-state index contributed by atoms with van der Waals surface area (Å²) in [6.07, 6.45) is 0.807. The Morgan fingerprint density at radius 3 is 2.29 bits per heavy atom. The number of aliphatic hydroxyl groups is 1. The molecule has 270 valence electrons. The molecule has 2 aromatic rings. The number of hydrogen-bond donors (Lipinski definition) is 1. The zero-order chi connectivity index (χ0) is 35.5. The maximum atomic E-state index is 15.8. The van der Waals surface area contributed by atoms with Crippen molar-refractivity contribution < 1.29 is 47.9 Å². The Bertz CT molecular complexity index is 1720. The fourth-order valence-corrected chi connectivity index (χ4v) is 11.9. The molecule has 7 fully saturated rings. The molecule has 0 radical (unpaired) electrons. The van der Waals surface area contributed by atoms with Crippen LogP contribution in [0.2, 0.25) is 0 Å². The van der Waals surface area contributed by atoms with E-state index in [-0.39, 0.29) is 30.3 Å². The SMILES string of the molecule is CC(=O)OC1C2OC3(OCC45CC6C(C)CCC6C6(C=O)CC4C=C(C(C)C)C65C(=O)OC(c4ccccc4)c4ccccc4)OC2OC1C3O. The molecule has 0 amide bonds. The lowest BCUT2D eigenvalue weighted by Crippen LogP contribution is -2.66. The smallest absolute Gasteiger partial charge is 0.318 e. The van der Waals surface area contributed by atoms with Crippen molar-refractivity contribution in [2.45, 2.75) is 96.2 Å². The number of allylic oxidation sites excluding steroid dienone is 1. The monoisotopic (exact) mass is 698 g/mol. The molecule has 4 aliphatic carbocycles. The van der Waals surface area contributed by atoms with Crippen molar-refractivity contribution in [3.05, 3.63) is 83.4 Å². The quantitative estimate of drug-likeness (QED) is 0.199. The number of ether oxygens (including phenoxy) is 6. The minimum Gasteiger partial charge on any atom is -0.457 e. The molecule has 1 N–H and O–H groups in total. The van der Waals surface area contributed by atoms with Gasteiger partial charge in [0.15, 0.2) is 30.7 Å². The van der Waals surface area contributed by atoms with Gasteiger partial charge in [-0.1, -0.05) is 99.5 Å². The van der Waals surface area contributed by atoms with Gasteiger partial charge in [-0.2, -0.15) is 0 Å². The molecule has 10 heteroatoms. The van der Waals surface area contributed by atoms with E-state index in [0.29, 0.717) is 18.8 Å².